The van der Waals surface area contributed by atoms with E-state index in [2.05, 4.69) is 22.5 Å². The molecule has 1 aromatic rings. The van der Waals surface area contributed by atoms with Crippen LogP contribution in [0.25, 0.3) is 0 Å². The highest BCUT2D eigenvalue weighted by Crippen LogP contribution is 2.06. The van der Waals surface area contributed by atoms with Crippen molar-refractivity contribution in [1.82, 2.24) is 15.6 Å². The van der Waals surface area contributed by atoms with E-state index in [4.69, 9.17) is 0 Å². The predicted octanol–water partition coefficient (Wildman–Crippen LogP) is 1.26. The number of hydrogen-bond acceptors (Lipinski definition) is 3. The second-order valence-corrected chi connectivity index (χ2v) is 3.72. The van der Waals surface area contributed by atoms with Crippen molar-refractivity contribution < 1.29 is 4.79 Å². The zero-order chi connectivity index (χ0) is 11.8. The second-order valence-electron chi connectivity index (χ2n) is 3.72. The Morgan fingerprint density at radius 3 is 2.94 bits per heavy atom. The fourth-order valence-corrected chi connectivity index (χ4v) is 1.38. The number of hydrogen-bond donors (Lipinski definition) is 2. The minimum absolute atomic E-state index is 0.00611. The Hall–Kier alpha value is -1.42. The molecule has 0 aliphatic heterocycles. The Bertz CT molecular complexity index is 313. The molecule has 1 heterocycles. The van der Waals surface area contributed by atoms with Crippen LogP contribution in [-0.2, 0) is 4.79 Å². The lowest BCUT2D eigenvalue weighted by atomic mass is 10.2. The van der Waals surface area contributed by atoms with Gasteiger partial charge in [-0.3, -0.25) is 9.78 Å². The van der Waals surface area contributed by atoms with Gasteiger partial charge in [0.25, 0.3) is 0 Å². The van der Waals surface area contributed by atoms with E-state index in [9.17, 15) is 4.79 Å². The highest BCUT2D eigenvalue weighted by atomic mass is 16.1. The molecular weight excluding hydrogens is 202 g/mol. The van der Waals surface area contributed by atoms with Gasteiger partial charge in [-0.25, -0.2) is 0 Å². The maximum Gasteiger partial charge on any atom is 0.234 e. The third-order valence-electron chi connectivity index (χ3n) is 2.22. The van der Waals surface area contributed by atoms with Crippen molar-refractivity contribution in [2.75, 3.05) is 13.1 Å². The minimum Gasteiger partial charge on any atom is -0.347 e. The Morgan fingerprint density at radius 1 is 1.50 bits per heavy atom. The smallest absolute Gasteiger partial charge is 0.234 e. The quantitative estimate of drug-likeness (QED) is 0.711. The molecule has 0 saturated carbocycles. The molecule has 0 radical (unpaired) electrons. The molecule has 4 nitrogen and oxygen atoms in total. The van der Waals surface area contributed by atoms with Gasteiger partial charge in [-0.2, -0.15) is 0 Å². The third-order valence-corrected chi connectivity index (χ3v) is 2.22. The van der Waals surface area contributed by atoms with E-state index in [1.807, 2.05) is 25.1 Å². The first-order valence-electron chi connectivity index (χ1n) is 5.65. The first-order chi connectivity index (χ1) is 7.74. The van der Waals surface area contributed by atoms with E-state index < -0.39 is 0 Å². The molecule has 2 N–H and O–H groups in total. The Morgan fingerprint density at radius 2 is 2.31 bits per heavy atom. The average molecular weight is 221 g/mol. The van der Waals surface area contributed by atoms with Gasteiger partial charge in [-0.05, 0) is 32.0 Å². The Kier molecular flexibility index (Phi) is 5.50. The fraction of sp³-hybridized carbons (Fsp3) is 0.500. The number of nitrogens with one attached hydrogen (secondary N) is 2. The summed E-state index contributed by atoms with van der Waals surface area (Å²) in [4.78, 5) is 15.7. The highest BCUT2D eigenvalue weighted by molar-refractivity contribution is 5.78. The monoisotopic (exact) mass is 221 g/mol. The summed E-state index contributed by atoms with van der Waals surface area (Å²) in [5.41, 5.74) is 0.881. The summed E-state index contributed by atoms with van der Waals surface area (Å²) in [6.45, 7) is 5.23. The largest absolute Gasteiger partial charge is 0.347 e. The molecule has 0 unspecified atom stereocenters. The summed E-state index contributed by atoms with van der Waals surface area (Å²) < 4.78 is 0. The molecular formula is C12H19N3O. The van der Waals surface area contributed by atoms with Crippen LogP contribution in [0, 0.1) is 0 Å². The van der Waals surface area contributed by atoms with Gasteiger partial charge in [-0.15, -0.1) is 0 Å². The van der Waals surface area contributed by atoms with Crippen LogP contribution in [-0.4, -0.2) is 24.0 Å². The van der Waals surface area contributed by atoms with E-state index in [1.165, 1.54) is 0 Å². The molecule has 1 atom stereocenters. The summed E-state index contributed by atoms with van der Waals surface area (Å²) >= 11 is 0. The molecule has 4 heteroatoms. The normalized spacial score (nSPS) is 12.1. The molecule has 0 aliphatic rings. The number of nitrogens with zero attached hydrogens (tertiary/aromatic N) is 1. The van der Waals surface area contributed by atoms with Gasteiger partial charge in [-0.1, -0.05) is 13.0 Å². The summed E-state index contributed by atoms with van der Waals surface area (Å²) in [6, 6.07) is 5.64. The molecule has 1 amide bonds. The van der Waals surface area contributed by atoms with Crippen LogP contribution in [0.15, 0.2) is 24.4 Å². The van der Waals surface area contributed by atoms with Gasteiger partial charge in [0.05, 0.1) is 18.3 Å². The molecule has 1 rings (SSSR count). The van der Waals surface area contributed by atoms with Crippen LogP contribution in [0.2, 0.25) is 0 Å². The number of aromatic nitrogens is 1. The number of pyridine rings is 1. The molecule has 0 aromatic carbocycles. The molecule has 16 heavy (non-hydrogen) atoms. The zero-order valence-electron chi connectivity index (χ0n) is 9.86. The predicted molar refractivity (Wildman–Crippen MR) is 64.0 cm³/mol. The zero-order valence-corrected chi connectivity index (χ0v) is 9.86. The van der Waals surface area contributed by atoms with Crippen LogP contribution in [0.5, 0.6) is 0 Å². The van der Waals surface area contributed by atoms with Gasteiger partial charge in [0.15, 0.2) is 0 Å². The van der Waals surface area contributed by atoms with Crippen molar-refractivity contribution >= 4 is 5.91 Å². The Labute approximate surface area is 96.5 Å². The Balaban J connectivity index is 2.34. The summed E-state index contributed by atoms with van der Waals surface area (Å²) in [7, 11) is 0. The van der Waals surface area contributed by atoms with Gasteiger partial charge in [0, 0.05) is 6.20 Å². The van der Waals surface area contributed by atoms with E-state index in [0.29, 0.717) is 6.54 Å². The molecule has 0 aliphatic carbocycles. The highest BCUT2D eigenvalue weighted by Gasteiger charge is 2.09. The fourth-order valence-electron chi connectivity index (χ4n) is 1.38. The minimum atomic E-state index is -0.0443. The molecule has 0 spiro atoms. The molecule has 0 fully saturated rings. The van der Waals surface area contributed by atoms with Crippen LogP contribution in [0.1, 0.15) is 32.0 Å². The van der Waals surface area contributed by atoms with Gasteiger partial charge in [0.1, 0.15) is 0 Å². The molecule has 0 saturated heterocycles. The lowest BCUT2D eigenvalue weighted by molar-refractivity contribution is -0.120. The van der Waals surface area contributed by atoms with E-state index in [0.717, 1.165) is 18.7 Å². The molecule has 1 aromatic heterocycles. The SMILES string of the molecule is CCCNCC(=O)N[C@@H](C)c1ccccn1. The summed E-state index contributed by atoms with van der Waals surface area (Å²) in [6.07, 6.45) is 2.76. The lowest BCUT2D eigenvalue weighted by Gasteiger charge is -2.13. The second kappa shape index (κ2) is 6.95. The third kappa shape index (κ3) is 4.40. The first-order valence-corrected chi connectivity index (χ1v) is 5.65. The number of carbonyl (C=O) groups is 1. The maximum atomic E-state index is 11.5. The van der Waals surface area contributed by atoms with Crippen LogP contribution in [0.3, 0.4) is 0 Å². The van der Waals surface area contributed by atoms with E-state index in [-0.39, 0.29) is 11.9 Å². The van der Waals surface area contributed by atoms with Crippen molar-refractivity contribution in [2.24, 2.45) is 0 Å². The average Bonchev–Trinajstić information content (AvgIpc) is 2.30. The lowest BCUT2D eigenvalue weighted by Crippen LogP contribution is -2.35. The van der Waals surface area contributed by atoms with Crippen molar-refractivity contribution in [3.05, 3.63) is 30.1 Å². The van der Waals surface area contributed by atoms with E-state index in [1.54, 1.807) is 6.20 Å². The van der Waals surface area contributed by atoms with Crippen molar-refractivity contribution in [1.29, 1.82) is 0 Å². The van der Waals surface area contributed by atoms with Gasteiger partial charge >= 0.3 is 0 Å². The van der Waals surface area contributed by atoms with Gasteiger partial charge < -0.3 is 10.6 Å². The van der Waals surface area contributed by atoms with E-state index >= 15 is 0 Å². The number of amides is 1. The summed E-state index contributed by atoms with van der Waals surface area (Å²) in [5, 5.41) is 5.95. The molecule has 88 valence electrons. The van der Waals surface area contributed by atoms with Crippen molar-refractivity contribution in [3.63, 3.8) is 0 Å². The number of rotatable bonds is 6. The van der Waals surface area contributed by atoms with Crippen LogP contribution in [0.4, 0.5) is 0 Å². The van der Waals surface area contributed by atoms with Crippen molar-refractivity contribution in [2.45, 2.75) is 26.3 Å². The number of carbonyl (C=O) groups excluding carboxylic acids is 1. The van der Waals surface area contributed by atoms with Crippen LogP contribution >= 0.6 is 0 Å². The summed E-state index contributed by atoms with van der Waals surface area (Å²) in [5.74, 6) is 0.00611. The first kappa shape index (κ1) is 12.6. The topological polar surface area (TPSA) is 54.0 Å². The van der Waals surface area contributed by atoms with Crippen molar-refractivity contribution in [3.8, 4) is 0 Å². The van der Waals surface area contributed by atoms with Crippen LogP contribution < -0.4 is 10.6 Å². The van der Waals surface area contributed by atoms with Gasteiger partial charge in [0.2, 0.25) is 5.91 Å². The molecule has 0 bridgehead atoms. The maximum absolute atomic E-state index is 11.5. The standard InChI is InChI=1S/C12H19N3O/c1-3-7-13-9-12(16)15-10(2)11-6-4-5-8-14-11/h4-6,8,10,13H,3,7,9H2,1-2H3,(H,15,16)/t10-/m0/s1.